The minimum Gasteiger partial charge on any atom is -0.465 e. The van der Waals surface area contributed by atoms with Crippen LogP contribution in [0, 0.1) is 29.1 Å². The predicted octanol–water partition coefficient (Wildman–Crippen LogP) is 5.94. The van der Waals surface area contributed by atoms with Gasteiger partial charge in [0.1, 0.15) is 5.00 Å². The van der Waals surface area contributed by atoms with Crippen LogP contribution in [0.1, 0.15) is 52.0 Å². The Morgan fingerprint density at radius 3 is 2.33 bits per heavy atom. The maximum atomic E-state index is 14.0. The molecule has 2 N–H and O–H groups in total. The number of ether oxygens (including phenoxy) is 1. The number of anilines is 2. The molecule has 1 aliphatic carbocycles. The molecule has 13 heteroatoms. The van der Waals surface area contributed by atoms with Crippen molar-refractivity contribution in [2.24, 2.45) is 0 Å². The molecule has 36 heavy (non-hydrogen) atoms. The molecule has 0 saturated heterocycles. The maximum absolute atomic E-state index is 14.0. The van der Waals surface area contributed by atoms with Gasteiger partial charge in [-0.2, -0.15) is 5.10 Å². The molecule has 192 valence electrons. The maximum Gasteiger partial charge on any atom is 0.341 e. The van der Waals surface area contributed by atoms with Gasteiger partial charge in [0, 0.05) is 17.1 Å². The summed E-state index contributed by atoms with van der Waals surface area (Å²) in [6, 6.07) is 1.41. The van der Waals surface area contributed by atoms with Gasteiger partial charge in [-0.3, -0.25) is 4.68 Å². The molecule has 0 radical (unpaired) electrons. The largest absolute Gasteiger partial charge is 0.465 e. The quantitative estimate of drug-likeness (QED) is 0.136. The monoisotopic (exact) mass is 544 g/mol. The van der Waals surface area contributed by atoms with Crippen LogP contribution in [-0.4, -0.2) is 28.0 Å². The minimum absolute atomic E-state index is 0.0934. The van der Waals surface area contributed by atoms with Gasteiger partial charge in [0.25, 0.3) is 0 Å². The van der Waals surface area contributed by atoms with Gasteiger partial charge >= 0.3 is 5.97 Å². The number of thiophene rings is 1. The molecule has 0 unspecified atom stereocenters. The predicted molar refractivity (Wildman–Crippen MR) is 129 cm³/mol. The van der Waals surface area contributed by atoms with E-state index in [-0.39, 0.29) is 10.9 Å². The molecule has 0 saturated carbocycles. The van der Waals surface area contributed by atoms with E-state index in [1.54, 1.807) is 0 Å². The zero-order chi connectivity index (χ0) is 26.0. The Balaban J connectivity index is 1.50. The highest BCUT2D eigenvalue weighted by Crippen LogP contribution is 2.37. The fourth-order valence-corrected chi connectivity index (χ4v) is 5.60. The van der Waals surface area contributed by atoms with E-state index in [4.69, 9.17) is 17.0 Å². The zero-order valence-electron chi connectivity index (χ0n) is 19.0. The lowest BCUT2D eigenvalue weighted by atomic mass is 9.96. The molecule has 0 bridgehead atoms. The molecule has 2 heterocycles. The van der Waals surface area contributed by atoms with Crippen molar-refractivity contribution in [2.75, 3.05) is 17.7 Å². The Labute approximate surface area is 212 Å². The number of hydrogen-bond acceptors (Lipinski definition) is 5. The first-order valence-corrected chi connectivity index (χ1v) is 12.3. The number of aromatic nitrogens is 2. The number of fused-ring (bicyclic) bond motifs is 1. The van der Waals surface area contributed by atoms with Crippen LogP contribution in [0.3, 0.4) is 0 Å². The molecular formula is C23H21F5N4O2S2. The van der Waals surface area contributed by atoms with Crippen molar-refractivity contribution in [1.29, 1.82) is 0 Å². The van der Waals surface area contributed by atoms with Crippen LogP contribution in [-0.2, 0) is 24.1 Å². The Hall–Kier alpha value is -3.06. The number of nitrogens with one attached hydrogen (secondary N) is 2. The van der Waals surface area contributed by atoms with E-state index in [9.17, 15) is 26.7 Å². The summed E-state index contributed by atoms with van der Waals surface area (Å²) in [6.07, 6.45) is 7.12. The number of esters is 1. The number of benzene rings is 1. The van der Waals surface area contributed by atoms with Crippen LogP contribution in [0.5, 0.6) is 0 Å². The van der Waals surface area contributed by atoms with Crippen molar-refractivity contribution in [2.45, 2.75) is 45.1 Å². The molecule has 0 aliphatic heterocycles. The standard InChI is InChI=1S/C23H21F5N4O2S2/c1-34-22(33)15-11-6-4-2-3-5-7-13(11)36-21(15)30-23(35)29-14-8-9-32(31-14)10-12-16(24)18(26)20(28)19(27)17(12)25/h8-9H,2-7,10H2,1H3,(H2,29,30,31,35). The number of hydrogen-bond donors (Lipinski definition) is 2. The van der Waals surface area contributed by atoms with E-state index in [1.165, 1.54) is 30.7 Å². The Kier molecular flexibility index (Phi) is 7.88. The lowest BCUT2D eigenvalue weighted by Gasteiger charge is -2.11. The van der Waals surface area contributed by atoms with Crippen molar-refractivity contribution >= 4 is 45.5 Å². The topological polar surface area (TPSA) is 68.2 Å². The number of halogens is 5. The van der Waals surface area contributed by atoms with E-state index in [2.05, 4.69) is 15.7 Å². The Bertz CT molecular complexity index is 1300. The van der Waals surface area contributed by atoms with Crippen LogP contribution in [0.2, 0.25) is 0 Å². The highest BCUT2D eigenvalue weighted by Gasteiger charge is 2.27. The summed E-state index contributed by atoms with van der Waals surface area (Å²) in [5, 5.41) is 10.5. The molecule has 0 fully saturated rings. The summed E-state index contributed by atoms with van der Waals surface area (Å²) in [5.74, 6) is -10.4. The molecule has 0 spiro atoms. The Morgan fingerprint density at radius 1 is 1.03 bits per heavy atom. The van der Waals surface area contributed by atoms with E-state index in [1.807, 2.05) is 0 Å². The van der Waals surface area contributed by atoms with Crippen LogP contribution < -0.4 is 10.6 Å². The van der Waals surface area contributed by atoms with Crippen molar-refractivity contribution < 1.29 is 31.5 Å². The van der Waals surface area contributed by atoms with Gasteiger partial charge in [-0.1, -0.05) is 12.8 Å². The van der Waals surface area contributed by atoms with Crippen LogP contribution >= 0.6 is 23.6 Å². The smallest absolute Gasteiger partial charge is 0.341 e. The second-order valence-electron chi connectivity index (χ2n) is 8.14. The molecule has 0 amide bonds. The Morgan fingerprint density at radius 2 is 1.67 bits per heavy atom. The zero-order valence-corrected chi connectivity index (χ0v) is 20.7. The van der Waals surface area contributed by atoms with Gasteiger partial charge in [0.15, 0.2) is 34.2 Å². The van der Waals surface area contributed by atoms with Crippen LogP contribution in [0.4, 0.5) is 32.8 Å². The molecular weight excluding hydrogens is 523 g/mol. The number of carbonyl (C=O) groups excluding carboxylic acids is 1. The summed E-state index contributed by atoms with van der Waals surface area (Å²) in [7, 11) is 1.31. The number of carbonyl (C=O) groups is 1. The van der Waals surface area contributed by atoms with Crippen LogP contribution in [0.25, 0.3) is 0 Å². The fraction of sp³-hybridized carbons (Fsp3) is 0.348. The normalized spacial score (nSPS) is 13.5. The first kappa shape index (κ1) is 26.0. The van der Waals surface area contributed by atoms with Gasteiger partial charge in [0.05, 0.1) is 24.8 Å². The number of aryl methyl sites for hydroxylation is 1. The van der Waals surface area contributed by atoms with Crippen molar-refractivity contribution in [3.63, 3.8) is 0 Å². The molecule has 1 aliphatic rings. The van der Waals surface area contributed by atoms with Gasteiger partial charge in [-0.15, -0.1) is 11.3 Å². The van der Waals surface area contributed by atoms with Crippen molar-refractivity contribution in [3.8, 4) is 0 Å². The average molecular weight is 545 g/mol. The molecule has 1 aromatic carbocycles. The first-order valence-electron chi connectivity index (χ1n) is 11.1. The number of thiocarbonyl (C=S) groups is 1. The second kappa shape index (κ2) is 10.9. The summed E-state index contributed by atoms with van der Waals surface area (Å²) in [4.78, 5) is 13.6. The summed E-state index contributed by atoms with van der Waals surface area (Å²) in [6.45, 7) is -0.697. The fourth-order valence-electron chi connectivity index (χ4n) is 4.04. The third-order valence-electron chi connectivity index (χ3n) is 5.79. The van der Waals surface area contributed by atoms with E-state index in [0.717, 1.165) is 53.6 Å². The minimum atomic E-state index is -2.22. The molecule has 2 aromatic heterocycles. The number of nitrogens with zero attached hydrogens (tertiary/aromatic N) is 2. The third-order valence-corrected chi connectivity index (χ3v) is 7.20. The van der Waals surface area contributed by atoms with Gasteiger partial charge in [-0.25, -0.2) is 26.7 Å². The number of methoxy groups -OCH3 is 1. The van der Waals surface area contributed by atoms with E-state index in [0.29, 0.717) is 10.6 Å². The summed E-state index contributed by atoms with van der Waals surface area (Å²) >= 11 is 6.78. The average Bonchev–Trinajstić information content (AvgIpc) is 3.42. The molecule has 3 aromatic rings. The SMILES string of the molecule is COC(=O)c1c(NC(=S)Nc2ccn(Cc3c(F)c(F)c(F)c(F)c3F)n2)sc2c1CCCCCC2. The van der Waals surface area contributed by atoms with Crippen molar-refractivity contribution in [3.05, 3.63) is 62.9 Å². The highest BCUT2D eigenvalue weighted by atomic mass is 32.1. The van der Waals surface area contributed by atoms with Crippen LogP contribution in [0.15, 0.2) is 12.3 Å². The molecule has 0 atom stereocenters. The lowest BCUT2D eigenvalue weighted by molar-refractivity contribution is 0.0601. The van der Waals surface area contributed by atoms with Crippen molar-refractivity contribution in [1.82, 2.24) is 9.78 Å². The van der Waals surface area contributed by atoms with E-state index < -0.39 is 47.2 Å². The second-order valence-corrected chi connectivity index (χ2v) is 9.65. The summed E-state index contributed by atoms with van der Waals surface area (Å²) < 4.78 is 74.2. The third kappa shape index (κ3) is 5.21. The van der Waals surface area contributed by atoms with Gasteiger partial charge in [-0.05, 0) is 43.5 Å². The first-order chi connectivity index (χ1) is 17.2. The van der Waals surface area contributed by atoms with Gasteiger partial charge in [0.2, 0.25) is 5.82 Å². The number of rotatable bonds is 5. The molecule has 4 rings (SSSR count). The highest BCUT2D eigenvalue weighted by molar-refractivity contribution is 7.80. The lowest BCUT2D eigenvalue weighted by Crippen LogP contribution is -2.21. The van der Waals surface area contributed by atoms with Gasteiger partial charge < -0.3 is 15.4 Å². The molecule has 6 nitrogen and oxygen atoms in total. The van der Waals surface area contributed by atoms with E-state index >= 15 is 0 Å². The summed E-state index contributed by atoms with van der Waals surface area (Å²) in [5.41, 5.74) is 0.393.